The Kier molecular flexibility index (Phi) is 11.3. The summed E-state index contributed by atoms with van der Waals surface area (Å²) in [7, 11) is 0. The van der Waals surface area contributed by atoms with Crippen molar-refractivity contribution in [3.05, 3.63) is 21.8 Å². The fourth-order valence-electron chi connectivity index (χ4n) is 4.82. The molecule has 1 rings (SSSR count). The van der Waals surface area contributed by atoms with Crippen molar-refractivity contribution in [3.8, 4) is 0 Å². The van der Waals surface area contributed by atoms with E-state index in [1.54, 1.807) is 3.59 Å². The van der Waals surface area contributed by atoms with Crippen LogP contribution in [-0.2, 0) is 4.79 Å². The number of hydrogen-bond acceptors (Lipinski definition) is 1. The average molecular weight is 482 g/mol. The van der Waals surface area contributed by atoms with Gasteiger partial charge < -0.3 is 0 Å². The number of allylic oxidation sites excluding steroid dienone is 2. The van der Waals surface area contributed by atoms with Crippen LogP contribution in [0.15, 0.2) is 21.8 Å². The molecular formula is C24H45NOSn. The number of carbonyl (C=O) groups is 1. The summed E-state index contributed by atoms with van der Waals surface area (Å²) in [5.74, 6) is 0.390. The monoisotopic (exact) mass is 483 g/mol. The minimum absolute atomic E-state index is 0.0381. The third kappa shape index (κ3) is 6.65. The van der Waals surface area contributed by atoms with Gasteiger partial charge in [0.2, 0.25) is 0 Å². The Morgan fingerprint density at radius 2 is 1.37 bits per heavy atom. The predicted octanol–water partition coefficient (Wildman–Crippen LogP) is 7.13. The molecule has 1 atom stereocenters. The molecule has 0 saturated carbocycles. The standard InChI is InChI=1S/C12H18NO.3C4H9.Sn/c1-9(2)13(10(3)4)12(14)11-7-5-6-8-11;3*1-3-4-2;/h5-7,9-11H,1-4H3;3*1,3-4H2,2H3;. The average Bonchev–Trinajstić information content (AvgIpc) is 3.11. The van der Waals surface area contributed by atoms with Crippen molar-refractivity contribution in [3.63, 3.8) is 0 Å². The maximum atomic E-state index is 13.6. The van der Waals surface area contributed by atoms with E-state index in [0.29, 0.717) is 5.91 Å². The molecule has 0 spiro atoms. The van der Waals surface area contributed by atoms with Gasteiger partial charge in [-0.3, -0.25) is 0 Å². The molecule has 3 heteroatoms. The van der Waals surface area contributed by atoms with Crippen LogP contribution in [0.3, 0.4) is 0 Å². The van der Waals surface area contributed by atoms with E-state index in [1.165, 1.54) is 51.8 Å². The summed E-state index contributed by atoms with van der Waals surface area (Å²) in [5.41, 5.74) is 0. The van der Waals surface area contributed by atoms with Crippen LogP contribution in [0.5, 0.6) is 0 Å². The van der Waals surface area contributed by atoms with E-state index in [-0.39, 0.29) is 18.0 Å². The first-order chi connectivity index (χ1) is 12.8. The molecule has 0 aromatic rings. The molecular weight excluding hydrogens is 437 g/mol. The minimum atomic E-state index is -2.55. The van der Waals surface area contributed by atoms with Crippen molar-refractivity contribution in [2.45, 2.75) is 112 Å². The Morgan fingerprint density at radius 1 is 0.926 bits per heavy atom. The third-order valence-corrected chi connectivity index (χ3v) is 22.3. The molecule has 0 radical (unpaired) electrons. The molecule has 27 heavy (non-hydrogen) atoms. The quantitative estimate of drug-likeness (QED) is 0.256. The Hall–Kier alpha value is -0.251. The van der Waals surface area contributed by atoms with Gasteiger partial charge in [-0.15, -0.1) is 0 Å². The van der Waals surface area contributed by atoms with Crippen LogP contribution in [0.25, 0.3) is 0 Å². The van der Waals surface area contributed by atoms with Crippen LogP contribution in [0, 0.1) is 5.92 Å². The summed E-state index contributed by atoms with van der Waals surface area (Å²) in [6, 6.07) is 0.526. The van der Waals surface area contributed by atoms with Gasteiger partial charge >= 0.3 is 174 Å². The first-order valence-electron chi connectivity index (χ1n) is 11.6. The molecule has 0 bridgehead atoms. The fraction of sp³-hybridized carbons (Fsp3) is 0.792. The molecule has 0 aromatic carbocycles. The van der Waals surface area contributed by atoms with E-state index in [4.69, 9.17) is 0 Å². The second-order valence-electron chi connectivity index (χ2n) is 9.01. The van der Waals surface area contributed by atoms with Crippen molar-refractivity contribution in [1.29, 1.82) is 0 Å². The van der Waals surface area contributed by atoms with Crippen molar-refractivity contribution in [1.82, 2.24) is 4.90 Å². The van der Waals surface area contributed by atoms with Gasteiger partial charge in [0, 0.05) is 0 Å². The number of nitrogens with zero attached hydrogens (tertiary/aromatic N) is 1. The van der Waals surface area contributed by atoms with Gasteiger partial charge in [0.05, 0.1) is 0 Å². The second kappa shape index (κ2) is 12.3. The van der Waals surface area contributed by atoms with Crippen molar-refractivity contribution in [2.75, 3.05) is 0 Å². The molecule has 1 aliphatic rings. The second-order valence-corrected chi connectivity index (χ2v) is 22.2. The van der Waals surface area contributed by atoms with E-state index in [9.17, 15) is 4.79 Å². The third-order valence-electron chi connectivity index (χ3n) is 6.19. The SMILES string of the molecule is CCC[CH2][Sn]([CH2]CCC)([CH2]CCC)[C]1=CC=CC1C(=O)N(C(C)C)C(C)C. The molecule has 1 aliphatic carbocycles. The van der Waals surface area contributed by atoms with E-state index in [2.05, 4.69) is 71.6 Å². The van der Waals surface area contributed by atoms with Crippen LogP contribution >= 0.6 is 0 Å². The number of hydrogen-bond donors (Lipinski definition) is 0. The predicted molar refractivity (Wildman–Crippen MR) is 123 cm³/mol. The topological polar surface area (TPSA) is 20.3 Å². The van der Waals surface area contributed by atoms with Gasteiger partial charge in [-0.2, -0.15) is 0 Å². The van der Waals surface area contributed by atoms with Gasteiger partial charge in [-0.05, 0) is 0 Å². The molecule has 0 aromatic heterocycles. The Morgan fingerprint density at radius 3 is 1.74 bits per heavy atom. The zero-order chi connectivity index (χ0) is 20.4. The molecule has 0 aliphatic heterocycles. The van der Waals surface area contributed by atoms with Gasteiger partial charge in [0.1, 0.15) is 0 Å². The molecule has 0 saturated heterocycles. The normalized spacial score (nSPS) is 17.1. The summed E-state index contributed by atoms with van der Waals surface area (Å²) in [4.78, 5) is 15.7. The van der Waals surface area contributed by atoms with Crippen LogP contribution in [0.2, 0.25) is 13.3 Å². The molecule has 0 heterocycles. The molecule has 1 amide bonds. The van der Waals surface area contributed by atoms with Crippen LogP contribution < -0.4 is 0 Å². The first-order valence-corrected chi connectivity index (χ1v) is 19.0. The first kappa shape index (κ1) is 24.8. The Balaban J connectivity index is 3.23. The van der Waals surface area contributed by atoms with Crippen LogP contribution in [0.1, 0.15) is 87.0 Å². The van der Waals surface area contributed by atoms with Gasteiger partial charge in [0.25, 0.3) is 0 Å². The van der Waals surface area contributed by atoms with Crippen molar-refractivity contribution >= 4 is 24.3 Å². The zero-order valence-corrected chi connectivity index (χ0v) is 22.0. The molecule has 1 unspecified atom stereocenters. The summed E-state index contributed by atoms with van der Waals surface area (Å²) in [6.07, 6.45) is 14.7. The molecule has 2 nitrogen and oxygen atoms in total. The van der Waals surface area contributed by atoms with Crippen LogP contribution in [0.4, 0.5) is 0 Å². The van der Waals surface area contributed by atoms with Crippen molar-refractivity contribution < 1.29 is 4.79 Å². The molecule has 0 N–H and O–H groups in total. The maximum absolute atomic E-state index is 13.6. The van der Waals surface area contributed by atoms with E-state index in [1.807, 2.05) is 0 Å². The number of unbranched alkanes of at least 4 members (excludes halogenated alkanes) is 3. The Labute approximate surface area is 173 Å². The summed E-state index contributed by atoms with van der Waals surface area (Å²) >= 11 is -2.55. The molecule has 156 valence electrons. The van der Waals surface area contributed by atoms with E-state index < -0.39 is 18.4 Å². The number of rotatable bonds is 13. The molecule has 0 fully saturated rings. The Bertz CT molecular complexity index is 477. The van der Waals surface area contributed by atoms with Crippen molar-refractivity contribution in [2.24, 2.45) is 5.92 Å². The summed E-state index contributed by atoms with van der Waals surface area (Å²) in [5, 5.41) is 0. The summed E-state index contributed by atoms with van der Waals surface area (Å²) < 4.78 is 5.93. The van der Waals surface area contributed by atoms with Gasteiger partial charge in [-0.1, -0.05) is 0 Å². The number of carbonyl (C=O) groups excluding carboxylic acids is 1. The fourth-order valence-corrected chi connectivity index (χ4v) is 22.0. The van der Waals surface area contributed by atoms with Gasteiger partial charge in [0.15, 0.2) is 0 Å². The zero-order valence-electron chi connectivity index (χ0n) is 19.2. The van der Waals surface area contributed by atoms with E-state index in [0.717, 1.165) is 0 Å². The van der Waals surface area contributed by atoms with Crippen LogP contribution in [-0.4, -0.2) is 41.3 Å². The number of amides is 1. The van der Waals surface area contributed by atoms with E-state index >= 15 is 0 Å². The van der Waals surface area contributed by atoms with Gasteiger partial charge in [-0.25, -0.2) is 0 Å². The summed E-state index contributed by atoms with van der Waals surface area (Å²) in [6.45, 7) is 15.6.